The molecule has 0 saturated carbocycles. The van der Waals surface area contributed by atoms with Gasteiger partial charge < -0.3 is 0 Å². The lowest BCUT2D eigenvalue weighted by molar-refractivity contribution is 1.02. The molecular weight excluding hydrogens is 1290 g/mol. The van der Waals surface area contributed by atoms with Crippen molar-refractivity contribution in [3.8, 4) is 61.8 Å². The summed E-state index contributed by atoms with van der Waals surface area (Å²) < 4.78 is 7.72. The first-order chi connectivity index (χ1) is 50.0. The van der Waals surface area contributed by atoms with Crippen molar-refractivity contribution in [2.45, 2.75) is 6.42 Å². The summed E-state index contributed by atoms with van der Waals surface area (Å²) in [5.74, 6) is 0.676. The van der Waals surface area contributed by atoms with Gasteiger partial charge in [-0.2, -0.15) is 0 Å². The van der Waals surface area contributed by atoms with E-state index in [9.17, 15) is 0 Å². The average Bonchev–Trinajstić information content (AvgIpc) is 1.55. The number of fused-ring (bicyclic) bond motifs is 26. The van der Waals surface area contributed by atoms with Gasteiger partial charge in [0.05, 0.1) is 38.2 Å². The van der Waals surface area contributed by atoms with Crippen LogP contribution in [0.5, 0.6) is 0 Å². The van der Waals surface area contributed by atoms with Gasteiger partial charge in [-0.05, 0) is 130 Å². The fraction of sp³-hybridized carbons (Fsp3) is 0.0108. The molecule has 0 aliphatic heterocycles. The first-order valence-electron chi connectivity index (χ1n) is 34.1. The van der Waals surface area contributed by atoms with Gasteiger partial charge in [0, 0.05) is 74.7 Å². The van der Waals surface area contributed by atoms with E-state index in [1.54, 1.807) is 0 Å². The SMILES string of the molecule is Clc1nc(-c2ccc(-c3ccccc3)cc2)c2c(ccc3ccccc32)n1.c1ccc(-c2ccc(-c3nc(-n4c5ccccc5c5c6ccccc6c6c7ccccc7sc6c54)nc4ccc5ccccc5c34)cc2)cc1.c1ccc2c(c1)Cc1c-2c2ccccc2c2c1sc1ccccc12. The van der Waals surface area contributed by atoms with Gasteiger partial charge in [0.25, 0.3) is 0 Å². The lowest BCUT2D eigenvalue weighted by Crippen LogP contribution is -2.04. The fourth-order valence-corrected chi connectivity index (χ4v) is 18.5. The molecule has 16 aromatic carbocycles. The Hall–Kier alpha value is -12.2. The van der Waals surface area contributed by atoms with Gasteiger partial charge in [0.15, 0.2) is 0 Å². The zero-order chi connectivity index (χ0) is 66.7. The quantitative estimate of drug-likeness (QED) is 0.127. The van der Waals surface area contributed by atoms with Crippen LogP contribution in [0.1, 0.15) is 11.1 Å². The molecule has 8 heteroatoms. The lowest BCUT2D eigenvalue weighted by atomic mass is 9.94. The molecule has 472 valence electrons. The summed E-state index contributed by atoms with van der Waals surface area (Å²) in [4.78, 5) is 20.0. The van der Waals surface area contributed by atoms with E-state index in [1.165, 1.54) is 123 Å². The van der Waals surface area contributed by atoms with Crippen LogP contribution in [0.3, 0.4) is 0 Å². The standard InChI is InChI=1S/C46H27N3S.C24H15ClN2.C23H14S/c1-2-12-28(13-3-1)29-22-24-31(25-23-29)43-42-32-15-5-4-14-30(32)26-27-37(42)47-46(48-43)49-38-20-10-8-18-35(38)40-33-16-6-7-17-34(33)41-36-19-9-11-21-39(36)50-45(41)44(40)49;25-24-26-21-15-14-18-8-4-5-9-20(18)22(21)23(27-24)19-12-10-17(11-13-19)16-6-2-1-3-7-16;1-2-8-15-14(7-1)13-19-21(15)16-9-3-4-10-17(16)22-18-11-5-6-12-20(18)24-23(19)22/h1-27H;1-15H;1-12H,13H2. The molecule has 0 unspecified atom stereocenters. The van der Waals surface area contributed by atoms with E-state index in [2.05, 4.69) is 306 Å². The summed E-state index contributed by atoms with van der Waals surface area (Å²) in [5, 5.41) is 20.2. The van der Waals surface area contributed by atoms with Crippen LogP contribution in [0.25, 0.3) is 189 Å². The van der Waals surface area contributed by atoms with Crippen LogP contribution in [0, 0.1) is 0 Å². The van der Waals surface area contributed by atoms with Crippen LogP contribution < -0.4 is 0 Å². The Morgan fingerprint density at radius 3 is 1.33 bits per heavy atom. The van der Waals surface area contributed by atoms with Crippen LogP contribution in [-0.4, -0.2) is 24.5 Å². The summed E-state index contributed by atoms with van der Waals surface area (Å²) in [5.41, 5.74) is 18.5. The maximum Gasteiger partial charge on any atom is 0.235 e. The number of rotatable bonds is 5. The second kappa shape index (κ2) is 24.0. The Bertz CT molecular complexity index is 6920. The summed E-state index contributed by atoms with van der Waals surface area (Å²) >= 11 is 10.0. The molecule has 0 bridgehead atoms. The zero-order valence-electron chi connectivity index (χ0n) is 54.3. The van der Waals surface area contributed by atoms with Crippen molar-refractivity contribution in [2.24, 2.45) is 0 Å². The number of para-hydroxylation sites is 1. The van der Waals surface area contributed by atoms with Crippen LogP contribution in [0.2, 0.25) is 5.28 Å². The third-order valence-electron chi connectivity index (χ3n) is 20.3. The van der Waals surface area contributed by atoms with Crippen molar-refractivity contribution < 1.29 is 0 Å². The predicted molar refractivity (Wildman–Crippen MR) is 431 cm³/mol. The molecule has 5 aromatic heterocycles. The van der Waals surface area contributed by atoms with Crippen molar-refractivity contribution in [3.05, 3.63) is 344 Å². The molecule has 22 rings (SSSR count). The van der Waals surface area contributed by atoms with E-state index in [1.807, 2.05) is 59.1 Å². The highest BCUT2D eigenvalue weighted by Crippen LogP contribution is 2.52. The summed E-state index contributed by atoms with van der Waals surface area (Å²) in [6, 6.07) is 116. The second-order valence-electron chi connectivity index (χ2n) is 25.9. The van der Waals surface area contributed by atoms with Gasteiger partial charge in [0.1, 0.15) is 0 Å². The first-order valence-corrected chi connectivity index (χ1v) is 36.1. The molecule has 0 fully saturated rings. The molecular formula is C93H56ClN5S2. The largest absolute Gasteiger partial charge is 0.276 e. The number of benzene rings is 16. The molecule has 1 aliphatic carbocycles. The summed E-state index contributed by atoms with van der Waals surface area (Å²) in [6.45, 7) is 0. The maximum absolute atomic E-state index is 6.23. The third-order valence-corrected chi connectivity index (χ3v) is 22.9. The molecule has 0 atom stereocenters. The number of hydrogen-bond donors (Lipinski definition) is 0. The minimum atomic E-state index is 0.264. The number of thiophene rings is 2. The Labute approximate surface area is 593 Å². The van der Waals surface area contributed by atoms with E-state index >= 15 is 0 Å². The van der Waals surface area contributed by atoms with Crippen LogP contribution in [0.15, 0.2) is 328 Å². The Morgan fingerprint density at radius 2 is 0.723 bits per heavy atom. The topological polar surface area (TPSA) is 56.5 Å². The highest BCUT2D eigenvalue weighted by molar-refractivity contribution is 7.27. The number of nitrogens with zero attached hydrogens (tertiary/aromatic N) is 5. The van der Waals surface area contributed by atoms with Gasteiger partial charge >= 0.3 is 0 Å². The molecule has 0 N–H and O–H groups in total. The number of hydrogen-bond acceptors (Lipinski definition) is 6. The van der Waals surface area contributed by atoms with Crippen molar-refractivity contribution in [1.29, 1.82) is 0 Å². The van der Waals surface area contributed by atoms with Gasteiger partial charge in [0.2, 0.25) is 11.2 Å². The van der Waals surface area contributed by atoms with E-state index < -0.39 is 0 Å². The normalized spacial score (nSPS) is 12.0. The fourth-order valence-electron chi connectivity index (χ4n) is 15.8. The maximum atomic E-state index is 6.23. The molecule has 5 nitrogen and oxygen atoms in total. The van der Waals surface area contributed by atoms with E-state index in [-0.39, 0.29) is 5.28 Å². The van der Waals surface area contributed by atoms with Gasteiger partial charge in [-0.3, -0.25) is 4.57 Å². The Kier molecular flexibility index (Phi) is 14.0. The summed E-state index contributed by atoms with van der Waals surface area (Å²) in [6.07, 6.45) is 1.06. The van der Waals surface area contributed by atoms with Crippen LogP contribution >= 0.6 is 34.3 Å². The van der Waals surface area contributed by atoms with Crippen molar-refractivity contribution in [3.63, 3.8) is 0 Å². The number of aromatic nitrogens is 5. The van der Waals surface area contributed by atoms with Crippen LogP contribution in [-0.2, 0) is 6.42 Å². The predicted octanol–water partition coefficient (Wildman–Crippen LogP) is 26.3. The van der Waals surface area contributed by atoms with Crippen LogP contribution in [0.4, 0.5) is 0 Å². The Balaban J connectivity index is 0.000000113. The number of halogens is 1. The lowest BCUT2D eigenvalue weighted by Gasteiger charge is -2.14. The zero-order valence-corrected chi connectivity index (χ0v) is 56.7. The molecule has 0 spiro atoms. The molecule has 0 saturated heterocycles. The first kappa shape index (κ1) is 58.9. The molecule has 5 heterocycles. The highest BCUT2D eigenvalue weighted by Gasteiger charge is 2.27. The van der Waals surface area contributed by atoms with Crippen molar-refractivity contribution in [1.82, 2.24) is 24.5 Å². The van der Waals surface area contributed by atoms with Gasteiger partial charge in [-0.25, -0.2) is 19.9 Å². The summed E-state index contributed by atoms with van der Waals surface area (Å²) in [7, 11) is 0. The molecule has 0 radical (unpaired) electrons. The van der Waals surface area contributed by atoms with Crippen molar-refractivity contribution in [2.75, 3.05) is 0 Å². The molecule has 101 heavy (non-hydrogen) atoms. The second-order valence-corrected chi connectivity index (χ2v) is 28.4. The minimum Gasteiger partial charge on any atom is -0.276 e. The van der Waals surface area contributed by atoms with Gasteiger partial charge in [-0.15, -0.1) is 22.7 Å². The molecule has 0 amide bonds. The highest BCUT2D eigenvalue weighted by atomic mass is 35.5. The third kappa shape index (κ3) is 9.72. The van der Waals surface area contributed by atoms with E-state index in [4.69, 9.17) is 21.6 Å². The molecule has 21 aromatic rings. The van der Waals surface area contributed by atoms with Gasteiger partial charge in [-0.1, -0.05) is 297 Å². The molecule has 1 aliphatic rings. The average molecular weight is 1340 g/mol. The van der Waals surface area contributed by atoms with Crippen molar-refractivity contribution >= 4 is 161 Å². The van der Waals surface area contributed by atoms with E-state index in [0.717, 1.165) is 77.9 Å². The van der Waals surface area contributed by atoms with E-state index in [0.29, 0.717) is 5.95 Å². The Morgan fingerprint density at radius 1 is 0.297 bits per heavy atom. The smallest absolute Gasteiger partial charge is 0.235 e. The monoisotopic (exact) mass is 1340 g/mol. The minimum absolute atomic E-state index is 0.264.